The van der Waals surface area contributed by atoms with Crippen molar-refractivity contribution in [1.82, 2.24) is 5.32 Å². The SMILES string of the molecule is C=C1c2cccc(C3C=CC=CNC3)c2-c2cc(C3=CC(C4=NC(c5ccccc5)CC(c5ccccc5)=N4)=CC3)c3ccccc3c21. The van der Waals surface area contributed by atoms with E-state index in [0.717, 1.165) is 47.6 Å². The molecule has 2 unspecified atom stereocenters. The Hall–Kier alpha value is -5.80. The van der Waals surface area contributed by atoms with Crippen LogP contribution in [0.4, 0.5) is 0 Å². The Bertz CT molecular complexity index is 2300. The molecule has 2 atom stereocenters. The first-order chi connectivity index (χ1) is 23.7. The average molecular weight is 618 g/mol. The Kier molecular flexibility index (Phi) is 6.97. The summed E-state index contributed by atoms with van der Waals surface area (Å²) in [5.74, 6) is 1.08. The van der Waals surface area contributed by atoms with E-state index in [9.17, 15) is 0 Å². The van der Waals surface area contributed by atoms with Gasteiger partial charge in [-0.1, -0.05) is 128 Å². The van der Waals surface area contributed by atoms with E-state index in [1.165, 1.54) is 55.3 Å². The second kappa shape index (κ2) is 11.8. The zero-order valence-electron chi connectivity index (χ0n) is 26.7. The molecule has 1 N–H and O–H groups in total. The van der Waals surface area contributed by atoms with E-state index in [1.54, 1.807) is 0 Å². The summed E-state index contributed by atoms with van der Waals surface area (Å²) < 4.78 is 0. The quantitative estimate of drug-likeness (QED) is 0.205. The maximum atomic E-state index is 5.26. The molecule has 3 heteroatoms. The summed E-state index contributed by atoms with van der Waals surface area (Å²) in [5.41, 5.74) is 14.6. The minimum atomic E-state index is 0.0248. The van der Waals surface area contributed by atoms with Gasteiger partial charge >= 0.3 is 0 Å². The van der Waals surface area contributed by atoms with Gasteiger partial charge in [0.25, 0.3) is 0 Å². The van der Waals surface area contributed by atoms with Crippen LogP contribution in [0.25, 0.3) is 33.0 Å². The lowest BCUT2D eigenvalue weighted by molar-refractivity contribution is 0.753. The molecule has 2 heterocycles. The molecule has 5 aromatic carbocycles. The van der Waals surface area contributed by atoms with Crippen molar-refractivity contribution in [1.29, 1.82) is 0 Å². The van der Waals surface area contributed by atoms with Crippen LogP contribution >= 0.6 is 0 Å². The molecule has 0 aromatic heterocycles. The van der Waals surface area contributed by atoms with Crippen LogP contribution in [0.5, 0.6) is 0 Å². The summed E-state index contributed by atoms with van der Waals surface area (Å²) in [6.07, 6.45) is 14.8. The van der Waals surface area contributed by atoms with Gasteiger partial charge < -0.3 is 5.32 Å². The number of benzene rings is 5. The van der Waals surface area contributed by atoms with Crippen molar-refractivity contribution in [3.63, 3.8) is 0 Å². The van der Waals surface area contributed by atoms with Gasteiger partial charge in [-0.3, -0.25) is 4.99 Å². The Balaban J connectivity index is 1.16. The molecule has 2 aliphatic carbocycles. The number of hydrogen-bond donors (Lipinski definition) is 1. The maximum absolute atomic E-state index is 5.26. The largest absolute Gasteiger partial charge is 0.390 e. The lowest BCUT2D eigenvalue weighted by Gasteiger charge is -2.21. The predicted molar refractivity (Wildman–Crippen MR) is 201 cm³/mol. The number of hydrogen-bond acceptors (Lipinski definition) is 3. The maximum Gasteiger partial charge on any atom is 0.155 e. The second-order valence-electron chi connectivity index (χ2n) is 12.9. The van der Waals surface area contributed by atoms with Crippen molar-refractivity contribution in [3.8, 4) is 11.1 Å². The molecule has 5 aromatic rings. The lowest BCUT2D eigenvalue weighted by atomic mass is 9.87. The normalized spacial score (nSPS) is 19.5. The van der Waals surface area contributed by atoms with Gasteiger partial charge in [0, 0.05) is 24.5 Å². The van der Waals surface area contributed by atoms with Crippen molar-refractivity contribution < 1.29 is 0 Å². The monoisotopic (exact) mass is 617 g/mol. The van der Waals surface area contributed by atoms with Crippen LogP contribution in [-0.4, -0.2) is 18.1 Å². The fraction of sp³-hybridized carbons (Fsp3) is 0.111. The predicted octanol–water partition coefficient (Wildman–Crippen LogP) is 10.4. The highest BCUT2D eigenvalue weighted by molar-refractivity contribution is 6.17. The van der Waals surface area contributed by atoms with Crippen molar-refractivity contribution >= 4 is 33.5 Å². The topological polar surface area (TPSA) is 36.8 Å². The van der Waals surface area contributed by atoms with Gasteiger partial charge in [-0.2, -0.15) is 0 Å². The van der Waals surface area contributed by atoms with Gasteiger partial charge in [0.05, 0.1) is 11.8 Å². The highest BCUT2D eigenvalue weighted by Gasteiger charge is 2.31. The van der Waals surface area contributed by atoms with Crippen molar-refractivity contribution in [2.45, 2.75) is 24.8 Å². The number of rotatable bonds is 5. The van der Waals surface area contributed by atoms with Gasteiger partial charge in [0.1, 0.15) is 0 Å². The number of nitrogens with zero attached hydrogens (tertiary/aromatic N) is 2. The molecule has 0 saturated carbocycles. The number of aliphatic imine (C=N–C) groups is 2. The second-order valence-corrected chi connectivity index (χ2v) is 12.9. The number of nitrogens with one attached hydrogen (secondary N) is 1. The van der Waals surface area contributed by atoms with E-state index in [0.29, 0.717) is 0 Å². The van der Waals surface area contributed by atoms with Crippen LogP contribution < -0.4 is 5.32 Å². The zero-order valence-corrected chi connectivity index (χ0v) is 26.7. The summed E-state index contributed by atoms with van der Waals surface area (Å²) >= 11 is 0. The van der Waals surface area contributed by atoms with Gasteiger partial charge in [-0.05, 0) is 97.3 Å². The van der Waals surface area contributed by atoms with E-state index in [-0.39, 0.29) is 12.0 Å². The van der Waals surface area contributed by atoms with Gasteiger partial charge in [-0.15, -0.1) is 0 Å². The van der Waals surface area contributed by atoms with E-state index < -0.39 is 0 Å². The third-order valence-electron chi connectivity index (χ3n) is 10.1. The van der Waals surface area contributed by atoms with Crippen molar-refractivity contribution in [3.05, 3.63) is 191 Å². The minimum absolute atomic E-state index is 0.0248. The fourth-order valence-corrected chi connectivity index (χ4v) is 7.80. The standard InChI is InChI=1S/C45H35N3/c1-29-35-20-12-21-36(34-17-10-11-24-46-28-34)44(35)40-26-39(37-18-8-9-19-38(37)43(29)40)32-22-23-33(25-32)45-47-41(30-13-4-2-5-14-30)27-42(48-45)31-15-6-3-7-16-31/h2-21,23-26,34,41,46H,1,22,27-28H2. The van der Waals surface area contributed by atoms with Crippen molar-refractivity contribution in [2.75, 3.05) is 6.54 Å². The molecule has 0 amide bonds. The van der Waals surface area contributed by atoms with E-state index in [1.807, 2.05) is 6.20 Å². The van der Waals surface area contributed by atoms with Gasteiger partial charge in [0.2, 0.25) is 0 Å². The minimum Gasteiger partial charge on any atom is -0.390 e. The molecule has 2 aliphatic heterocycles. The van der Waals surface area contributed by atoms with Crippen molar-refractivity contribution in [2.24, 2.45) is 9.98 Å². The molecule has 9 rings (SSSR count). The van der Waals surface area contributed by atoms with Crippen LogP contribution in [-0.2, 0) is 0 Å². The number of amidine groups is 1. The summed E-state index contributed by atoms with van der Waals surface area (Å²) in [6, 6.07) is 39.2. The third kappa shape index (κ3) is 4.82. The first-order valence-corrected chi connectivity index (χ1v) is 16.9. The molecule has 0 spiro atoms. The molecule has 3 nitrogen and oxygen atoms in total. The van der Waals surface area contributed by atoms with Gasteiger partial charge in [0.15, 0.2) is 5.84 Å². The molecule has 0 radical (unpaired) electrons. The summed E-state index contributed by atoms with van der Waals surface area (Å²) in [5, 5.41) is 5.98. The first-order valence-electron chi connectivity index (χ1n) is 16.9. The van der Waals surface area contributed by atoms with Crippen LogP contribution in [0.3, 0.4) is 0 Å². The average Bonchev–Trinajstić information content (AvgIpc) is 3.64. The Labute approximate surface area is 281 Å². The molecular weight excluding hydrogens is 583 g/mol. The zero-order chi connectivity index (χ0) is 32.0. The molecule has 230 valence electrons. The molecule has 0 saturated heterocycles. The van der Waals surface area contributed by atoms with E-state index >= 15 is 0 Å². The van der Waals surface area contributed by atoms with Crippen LogP contribution in [0.15, 0.2) is 168 Å². The summed E-state index contributed by atoms with van der Waals surface area (Å²) in [7, 11) is 0. The Morgan fingerprint density at radius 1 is 0.729 bits per heavy atom. The molecule has 48 heavy (non-hydrogen) atoms. The van der Waals surface area contributed by atoms with Gasteiger partial charge in [-0.25, -0.2) is 4.99 Å². The van der Waals surface area contributed by atoms with E-state index in [4.69, 9.17) is 9.98 Å². The number of fused-ring (bicyclic) bond motifs is 5. The van der Waals surface area contributed by atoms with Crippen LogP contribution in [0, 0.1) is 0 Å². The number of allylic oxidation sites excluding steroid dienone is 4. The molecule has 4 aliphatic rings. The smallest absolute Gasteiger partial charge is 0.155 e. The molecular formula is C45H35N3. The summed E-state index contributed by atoms with van der Waals surface area (Å²) in [6.45, 7) is 5.52. The highest BCUT2D eigenvalue weighted by atomic mass is 15.0. The lowest BCUT2D eigenvalue weighted by Crippen LogP contribution is -2.17. The summed E-state index contributed by atoms with van der Waals surface area (Å²) in [4.78, 5) is 10.4. The Morgan fingerprint density at radius 3 is 2.38 bits per heavy atom. The highest BCUT2D eigenvalue weighted by Crippen LogP contribution is 2.51. The molecule has 0 fully saturated rings. The van der Waals surface area contributed by atoms with E-state index in [2.05, 4.69) is 151 Å². The fourth-order valence-electron chi connectivity index (χ4n) is 7.80. The van der Waals surface area contributed by atoms with Crippen LogP contribution in [0.2, 0.25) is 0 Å². The Morgan fingerprint density at radius 2 is 1.52 bits per heavy atom. The first kappa shape index (κ1) is 28.4. The molecule has 0 bridgehead atoms. The third-order valence-corrected chi connectivity index (χ3v) is 10.1. The van der Waals surface area contributed by atoms with Crippen LogP contribution in [0.1, 0.15) is 58.2 Å².